The second kappa shape index (κ2) is 4.94. The van der Waals surface area contributed by atoms with Gasteiger partial charge in [-0.25, -0.2) is 9.97 Å². The molecule has 1 fully saturated rings. The fourth-order valence-corrected chi connectivity index (χ4v) is 3.36. The number of aromatic nitrogens is 2. The van der Waals surface area contributed by atoms with Crippen molar-refractivity contribution in [3.63, 3.8) is 0 Å². The molecule has 82 valence electrons. The summed E-state index contributed by atoms with van der Waals surface area (Å²) in [7, 11) is 0. The van der Waals surface area contributed by atoms with Crippen molar-refractivity contribution in [1.82, 2.24) is 9.97 Å². The van der Waals surface area contributed by atoms with Gasteiger partial charge in [-0.1, -0.05) is 18.2 Å². The number of aryl methyl sites for hydroxylation is 1. The summed E-state index contributed by atoms with van der Waals surface area (Å²) in [6.07, 6.45) is 5.65. The van der Waals surface area contributed by atoms with Crippen LogP contribution in [0, 0.1) is 12.8 Å². The Morgan fingerprint density at radius 2 is 2.40 bits per heavy atom. The van der Waals surface area contributed by atoms with Crippen LogP contribution in [0.1, 0.15) is 25.0 Å². The zero-order valence-electron chi connectivity index (χ0n) is 9.02. The van der Waals surface area contributed by atoms with E-state index in [2.05, 4.69) is 9.97 Å². The molecule has 0 aliphatic heterocycles. The van der Waals surface area contributed by atoms with Gasteiger partial charge in [0.15, 0.2) is 5.16 Å². The van der Waals surface area contributed by atoms with Crippen LogP contribution in [0.4, 0.5) is 0 Å². The predicted molar refractivity (Wildman–Crippen MR) is 62.8 cm³/mol. The van der Waals surface area contributed by atoms with Crippen molar-refractivity contribution in [3.05, 3.63) is 18.0 Å². The summed E-state index contributed by atoms with van der Waals surface area (Å²) in [6.45, 7) is 2.80. The van der Waals surface area contributed by atoms with Gasteiger partial charge in [-0.3, -0.25) is 0 Å². The molecule has 2 rings (SSSR count). The van der Waals surface area contributed by atoms with E-state index in [9.17, 15) is 0 Å². The van der Waals surface area contributed by atoms with Gasteiger partial charge in [-0.05, 0) is 38.3 Å². The van der Waals surface area contributed by atoms with Crippen molar-refractivity contribution in [1.29, 1.82) is 0 Å². The first kappa shape index (κ1) is 10.9. The Morgan fingerprint density at radius 1 is 1.53 bits per heavy atom. The van der Waals surface area contributed by atoms with Gasteiger partial charge in [0, 0.05) is 17.1 Å². The summed E-state index contributed by atoms with van der Waals surface area (Å²) in [5.74, 6) is 0.652. The summed E-state index contributed by atoms with van der Waals surface area (Å²) in [5.41, 5.74) is 6.79. The third-order valence-corrected chi connectivity index (χ3v) is 4.25. The fourth-order valence-electron chi connectivity index (χ4n) is 2.05. The summed E-state index contributed by atoms with van der Waals surface area (Å²) in [6, 6.07) is 1.93. The molecule has 1 saturated carbocycles. The van der Waals surface area contributed by atoms with Gasteiger partial charge < -0.3 is 5.73 Å². The first-order valence-corrected chi connectivity index (χ1v) is 6.34. The van der Waals surface area contributed by atoms with E-state index in [1.165, 1.54) is 19.3 Å². The van der Waals surface area contributed by atoms with Crippen molar-refractivity contribution in [2.45, 2.75) is 36.6 Å². The molecular weight excluding hydrogens is 206 g/mol. The minimum absolute atomic E-state index is 0.622. The van der Waals surface area contributed by atoms with Gasteiger partial charge in [-0.2, -0.15) is 0 Å². The Labute approximate surface area is 94.9 Å². The van der Waals surface area contributed by atoms with Gasteiger partial charge in [0.25, 0.3) is 0 Å². The highest BCUT2D eigenvalue weighted by Gasteiger charge is 2.27. The minimum Gasteiger partial charge on any atom is -0.330 e. The summed E-state index contributed by atoms with van der Waals surface area (Å²) in [5, 5.41) is 1.53. The average molecular weight is 223 g/mol. The molecule has 2 N–H and O–H groups in total. The third kappa shape index (κ3) is 2.69. The monoisotopic (exact) mass is 223 g/mol. The van der Waals surface area contributed by atoms with Gasteiger partial charge in [0.2, 0.25) is 0 Å². The molecule has 0 saturated heterocycles. The SMILES string of the molecule is Cc1ccnc(SC2CCCC2CN)n1. The number of hydrogen-bond donors (Lipinski definition) is 1. The van der Waals surface area contributed by atoms with E-state index in [1.54, 1.807) is 11.8 Å². The molecule has 1 aliphatic carbocycles. The normalized spacial score (nSPS) is 25.7. The second-order valence-electron chi connectivity index (χ2n) is 4.06. The van der Waals surface area contributed by atoms with Crippen LogP contribution in [0.15, 0.2) is 17.4 Å². The van der Waals surface area contributed by atoms with Gasteiger partial charge in [-0.15, -0.1) is 0 Å². The Kier molecular flexibility index (Phi) is 3.59. The Morgan fingerprint density at radius 3 is 3.13 bits per heavy atom. The van der Waals surface area contributed by atoms with Crippen LogP contribution in [0.2, 0.25) is 0 Å². The quantitative estimate of drug-likeness (QED) is 0.796. The first-order valence-electron chi connectivity index (χ1n) is 5.46. The fraction of sp³-hybridized carbons (Fsp3) is 0.636. The molecule has 1 aromatic rings. The third-order valence-electron chi connectivity index (χ3n) is 2.92. The standard InChI is InChI=1S/C11H17N3S/c1-8-5-6-13-11(14-8)15-10-4-2-3-9(10)7-12/h5-6,9-10H,2-4,7,12H2,1H3. The molecule has 2 atom stereocenters. The van der Waals surface area contributed by atoms with E-state index in [1.807, 2.05) is 19.2 Å². The van der Waals surface area contributed by atoms with E-state index >= 15 is 0 Å². The highest BCUT2D eigenvalue weighted by Crippen LogP contribution is 2.36. The van der Waals surface area contributed by atoms with Crippen molar-refractivity contribution < 1.29 is 0 Å². The van der Waals surface area contributed by atoms with E-state index < -0.39 is 0 Å². The highest BCUT2D eigenvalue weighted by molar-refractivity contribution is 7.99. The van der Waals surface area contributed by atoms with E-state index in [0.29, 0.717) is 11.2 Å². The molecule has 1 aromatic heterocycles. The molecule has 0 radical (unpaired) electrons. The van der Waals surface area contributed by atoms with Gasteiger partial charge in [0.1, 0.15) is 0 Å². The molecular formula is C11H17N3S. The van der Waals surface area contributed by atoms with Gasteiger partial charge >= 0.3 is 0 Å². The topological polar surface area (TPSA) is 51.8 Å². The lowest BCUT2D eigenvalue weighted by Crippen LogP contribution is -2.20. The van der Waals surface area contributed by atoms with Crippen LogP contribution in [-0.2, 0) is 0 Å². The molecule has 0 aromatic carbocycles. The smallest absolute Gasteiger partial charge is 0.188 e. The van der Waals surface area contributed by atoms with Crippen molar-refractivity contribution in [2.75, 3.05) is 6.54 Å². The zero-order valence-corrected chi connectivity index (χ0v) is 9.83. The summed E-state index contributed by atoms with van der Waals surface area (Å²) < 4.78 is 0. The lowest BCUT2D eigenvalue weighted by molar-refractivity contribution is 0.572. The lowest BCUT2D eigenvalue weighted by atomic mass is 10.1. The molecule has 0 bridgehead atoms. The molecule has 0 spiro atoms. The van der Waals surface area contributed by atoms with Crippen LogP contribution >= 0.6 is 11.8 Å². The number of hydrogen-bond acceptors (Lipinski definition) is 4. The molecule has 4 heteroatoms. The number of rotatable bonds is 3. The second-order valence-corrected chi connectivity index (χ2v) is 5.27. The van der Waals surface area contributed by atoms with Crippen LogP contribution in [0.5, 0.6) is 0 Å². The number of thioether (sulfide) groups is 1. The van der Waals surface area contributed by atoms with Crippen molar-refractivity contribution in [3.8, 4) is 0 Å². The number of nitrogens with zero attached hydrogens (tertiary/aromatic N) is 2. The Hall–Kier alpha value is -0.610. The lowest BCUT2D eigenvalue weighted by Gasteiger charge is -2.15. The maximum absolute atomic E-state index is 5.75. The maximum atomic E-state index is 5.75. The van der Waals surface area contributed by atoms with Crippen molar-refractivity contribution in [2.24, 2.45) is 11.7 Å². The molecule has 15 heavy (non-hydrogen) atoms. The Bertz CT molecular complexity index is 329. The van der Waals surface area contributed by atoms with Crippen LogP contribution < -0.4 is 5.73 Å². The summed E-state index contributed by atoms with van der Waals surface area (Å²) >= 11 is 1.80. The molecule has 2 unspecified atom stereocenters. The molecule has 1 heterocycles. The average Bonchev–Trinajstić information content (AvgIpc) is 2.65. The predicted octanol–water partition coefficient (Wildman–Crippen LogP) is 2.00. The summed E-state index contributed by atoms with van der Waals surface area (Å²) in [4.78, 5) is 8.70. The van der Waals surface area contributed by atoms with Crippen LogP contribution in [-0.4, -0.2) is 21.8 Å². The molecule has 1 aliphatic rings. The Balaban J connectivity index is 2.02. The number of nitrogens with two attached hydrogens (primary N) is 1. The van der Waals surface area contributed by atoms with E-state index in [4.69, 9.17) is 5.73 Å². The van der Waals surface area contributed by atoms with E-state index in [0.717, 1.165) is 17.4 Å². The highest BCUT2D eigenvalue weighted by atomic mass is 32.2. The minimum atomic E-state index is 0.622. The van der Waals surface area contributed by atoms with Crippen LogP contribution in [0.25, 0.3) is 0 Å². The van der Waals surface area contributed by atoms with Crippen LogP contribution in [0.3, 0.4) is 0 Å². The largest absolute Gasteiger partial charge is 0.330 e. The zero-order chi connectivity index (χ0) is 10.7. The maximum Gasteiger partial charge on any atom is 0.188 e. The van der Waals surface area contributed by atoms with Gasteiger partial charge in [0.05, 0.1) is 0 Å². The molecule has 3 nitrogen and oxygen atoms in total. The van der Waals surface area contributed by atoms with Crippen molar-refractivity contribution >= 4 is 11.8 Å². The first-order chi connectivity index (χ1) is 7.29. The van der Waals surface area contributed by atoms with E-state index in [-0.39, 0.29) is 0 Å². The molecule has 0 amide bonds.